The van der Waals surface area contributed by atoms with Crippen LogP contribution in [0, 0.1) is 0 Å². The van der Waals surface area contributed by atoms with Crippen LogP contribution in [0.25, 0.3) is 6.08 Å². The molecule has 1 saturated heterocycles. The van der Waals surface area contributed by atoms with Gasteiger partial charge in [-0.2, -0.15) is 0 Å². The number of nitrogens with zero attached hydrogens (tertiary/aromatic N) is 1. The van der Waals surface area contributed by atoms with Crippen molar-refractivity contribution < 1.29 is 23.5 Å². The fourth-order valence-corrected chi connectivity index (χ4v) is 4.53. The van der Waals surface area contributed by atoms with E-state index in [2.05, 4.69) is 6.92 Å². The Labute approximate surface area is 201 Å². The third-order valence-electron chi connectivity index (χ3n) is 4.89. The minimum Gasteiger partial charge on any atom is -0.490 e. The lowest BCUT2D eigenvalue weighted by atomic mass is 10.1. The number of benzene rings is 2. The third kappa shape index (κ3) is 5.02. The van der Waals surface area contributed by atoms with Crippen LogP contribution in [0.5, 0.6) is 11.5 Å². The van der Waals surface area contributed by atoms with E-state index in [9.17, 15) is 9.59 Å². The van der Waals surface area contributed by atoms with Crippen molar-refractivity contribution in [3.8, 4) is 11.5 Å². The molecule has 1 aliphatic heterocycles. The summed E-state index contributed by atoms with van der Waals surface area (Å²) in [5.41, 5.74) is 2.65. The summed E-state index contributed by atoms with van der Waals surface area (Å²) in [5.74, 6) is -0.0582. The summed E-state index contributed by atoms with van der Waals surface area (Å²) in [6.45, 7) is 4.29. The fraction of sp³-hybridized carbons (Fsp3) is 0.160. The molecule has 168 valence electrons. The molecule has 8 heteroatoms. The number of anilines is 1. The Morgan fingerprint density at radius 2 is 1.91 bits per heavy atom. The molecule has 33 heavy (non-hydrogen) atoms. The molecule has 0 radical (unpaired) electrons. The van der Waals surface area contributed by atoms with Gasteiger partial charge < -0.3 is 13.9 Å². The maximum Gasteiger partial charge on any atom is 0.379 e. The van der Waals surface area contributed by atoms with E-state index in [0.29, 0.717) is 21.6 Å². The third-order valence-corrected chi connectivity index (χ3v) is 6.19. The molecular weight excluding hydrogens is 458 g/mol. The smallest absolute Gasteiger partial charge is 0.379 e. The van der Waals surface area contributed by atoms with Crippen LogP contribution >= 0.6 is 24.0 Å². The number of rotatable bonds is 7. The molecule has 0 atom stereocenters. The van der Waals surface area contributed by atoms with Crippen molar-refractivity contribution >= 4 is 51.9 Å². The number of furan rings is 1. The molecular formula is C25H21NO5S2. The molecule has 1 amide bonds. The zero-order chi connectivity index (χ0) is 23.4. The van der Waals surface area contributed by atoms with E-state index in [0.717, 1.165) is 17.7 Å². The molecule has 4 rings (SSSR count). The molecule has 0 bridgehead atoms. The Kier molecular flexibility index (Phi) is 6.96. The van der Waals surface area contributed by atoms with Crippen molar-refractivity contribution in [2.24, 2.45) is 0 Å². The highest BCUT2D eigenvalue weighted by Crippen LogP contribution is 2.37. The second-order valence-electron chi connectivity index (χ2n) is 7.04. The van der Waals surface area contributed by atoms with Gasteiger partial charge >= 0.3 is 5.97 Å². The number of hydrogen-bond donors (Lipinski definition) is 0. The maximum atomic E-state index is 13.1. The van der Waals surface area contributed by atoms with Crippen LogP contribution in [-0.2, 0) is 11.2 Å². The van der Waals surface area contributed by atoms with E-state index in [1.807, 2.05) is 31.2 Å². The second kappa shape index (κ2) is 10.1. The van der Waals surface area contributed by atoms with Crippen LogP contribution < -0.4 is 14.4 Å². The highest BCUT2D eigenvalue weighted by atomic mass is 32.2. The Balaban J connectivity index is 1.57. The Bertz CT molecular complexity index is 1220. The molecule has 0 spiro atoms. The van der Waals surface area contributed by atoms with E-state index in [-0.39, 0.29) is 17.4 Å². The number of esters is 1. The van der Waals surface area contributed by atoms with Crippen LogP contribution in [0.15, 0.2) is 70.2 Å². The van der Waals surface area contributed by atoms with Crippen LogP contribution in [-0.4, -0.2) is 22.8 Å². The van der Waals surface area contributed by atoms with Crippen molar-refractivity contribution in [1.82, 2.24) is 0 Å². The molecule has 6 nitrogen and oxygen atoms in total. The Morgan fingerprint density at radius 3 is 2.58 bits per heavy atom. The standard InChI is InChI=1S/C25H21NO5S2/c1-3-16-7-10-18(11-8-16)26-23(27)22(33-25(26)32)15-17-9-12-19(21(14-17)29-4-2)31-24(28)20-6-5-13-30-20/h5-15H,3-4H2,1-2H3. The van der Waals surface area contributed by atoms with Crippen molar-refractivity contribution in [3.05, 3.63) is 82.7 Å². The van der Waals surface area contributed by atoms with E-state index in [1.54, 1.807) is 30.3 Å². The number of carbonyl (C=O) groups is 2. The van der Waals surface area contributed by atoms with Gasteiger partial charge in [-0.05, 0) is 66.9 Å². The summed E-state index contributed by atoms with van der Waals surface area (Å²) < 4.78 is 16.6. The Morgan fingerprint density at radius 1 is 1.12 bits per heavy atom. The first-order chi connectivity index (χ1) is 16.0. The lowest BCUT2D eigenvalue weighted by molar-refractivity contribution is -0.113. The highest BCUT2D eigenvalue weighted by molar-refractivity contribution is 8.27. The predicted molar refractivity (Wildman–Crippen MR) is 133 cm³/mol. The average Bonchev–Trinajstić information content (AvgIpc) is 3.44. The van der Waals surface area contributed by atoms with E-state index in [1.165, 1.54) is 34.6 Å². The van der Waals surface area contributed by atoms with Gasteiger partial charge in [-0.3, -0.25) is 9.69 Å². The van der Waals surface area contributed by atoms with Gasteiger partial charge in [0.15, 0.2) is 15.8 Å². The molecule has 2 aromatic carbocycles. The summed E-state index contributed by atoms with van der Waals surface area (Å²) in [5, 5.41) is 0. The van der Waals surface area contributed by atoms with Gasteiger partial charge in [-0.25, -0.2) is 4.79 Å². The predicted octanol–water partition coefficient (Wildman–Crippen LogP) is 5.87. The minimum atomic E-state index is -0.622. The monoisotopic (exact) mass is 479 g/mol. The minimum absolute atomic E-state index is 0.0946. The molecule has 0 saturated carbocycles. The van der Waals surface area contributed by atoms with Gasteiger partial charge in [0.05, 0.1) is 23.5 Å². The summed E-state index contributed by atoms with van der Waals surface area (Å²) in [6, 6.07) is 16.0. The quantitative estimate of drug-likeness (QED) is 0.182. The van der Waals surface area contributed by atoms with E-state index in [4.69, 9.17) is 26.1 Å². The number of amides is 1. The largest absolute Gasteiger partial charge is 0.490 e. The van der Waals surface area contributed by atoms with Crippen LogP contribution in [0.3, 0.4) is 0 Å². The van der Waals surface area contributed by atoms with Crippen molar-refractivity contribution in [3.63, 3.8) is 0 Å². The van der Waals surface area contributed by atoms with E-state index < -0.39 is 5.97 Å². The maximum absolute atomic E-state index is 13.1. The number of hydrogen-bond acceptors (Lipinski definition) is 7. The van der Waals surface area contributed by atoms with Crippen molar-refractivity contribution in [2.75, 3.05) is 11.5 Å². The fourth-order valence-electron chi connectivity index (χ4n) is 3.23. The van der Waals surface area contributed by atoms with Crippen molar-refractivity contribution in [2.45, 2.75) is 20.3 Å². The van der Waals surface area contributed by atoms with Gasteiger partial charge in [0.1, 0.15) is 0 Å². The molecule has 0 aliphatic carbocycles. The lowest BCUT2D eigenvalue weighted by Gasteiger charge is -2.14. The zero-order valence-electron chi connectivity index (χ0n) is 18.1. The number of thioether (sulfide) groups is 1. The molecule has 1 aliphatic rings. The first-order valence-corrected chi connectivity index (χ1v) is 11.6. The summed E-state index contributed by atoms with van der Waals surface area (Å²) in [7, 11) is 0. The van der Waals surface area contributed by atoms with Gasteiger partial charge in [-0.15, -0.1) is 0 Å². The zero-order valence-corrected chi connectivity index (χ0v) is 19.7. The van der Waals surface area contributed by atoms with Gasteiger partial charge in [0.2, 0.25) is 5.76 Å². The second-order valence-corrected chi connectivity index (χ2v) is 8.72. The molecule has 1 fully saturated rings. The van der Waals surface area contributed by atoms with Gasteiger partial charge in [-0.1, -0.05) is 49.1 Å². The molecule has 3 aromatic rings. The van der Waals surface area contributed by atoms with E-state index >= 15 is 0 Å². The highest BCUT2D eigenvalue weighted by Gasteiger charge is 2.33. The van der Waals surface area contributed by atoms with Gasteiger partial charge in [0.25, 0.3) is 5.91 Å². The summed E-state index contributed by atoms with van der Waals surface area (Å²) in [6.07, 6.45) is 4.07. The number of carbonyl (C=O) groups excluding carboxylic acids is 2. The average molecular weight is 480 g/mol. The summed E-state index contributed by atoms with van der Waals surface area (Å²) >= 11 is 6.71. The van der Waals surface area contributed by atoms with Crippen LogP contribution in [0.1, 0.15) is 35.5 Å². The Hall–Kier alpha value is -3.36. The number of aryl methyl sites for hydroxylation is 1. The first-order valence-electron chi connectivity index (χ1n) is 10.4. The van der Waals surface area contributed by atoms with Gasteiger partial charge in [0, 0.05) is 0 Å². The normalized spacial score (nSPS) is 14.7. The number of ether oxygens (including phenoxy) is 2. The SMILES string of the molecule is CCOc1cc(C=C2SC(=S)N(c3ccc(CC)cc3)C2=O)ccc1OC(=O)c1ccco1. The molecule has 2 heterocycles. The summed E-state index contributed by atoms with van der Waals surface area (Å²) in [4.78, 5) is 27.3. The molecule has 1 aromatic heterocycles. The topological polar surface area (TPSA) is 69.0 Å². The first kappa shape index (κ1) is 22.8. The lowest BCUT2D eigenvalue weighted by Crippen LogP contribution is -2.27. The van der Waals surface area contributed by atoms with Crippen LogP contribution in [0.2, 0.25) is 0 Å². The van der Waals surface area contributed by atoms with Crippen molar-refractivity contribution in [1.29, 1.82) is 0 Å². The van der Waals surface area contributed by atoms with Crippen LogP contribution in [0.4, 0.5) is 5.69 Å². The molecule has 0 N–H and O–H groups in total. The number of thiocarbonyl (C=S) groups is 1. The molecule has 0 unspecified atom stereocenters.